The lowest BCUT2D eigenvalue weighted by Gasteiger charge is -2.18. The third-order valence-electron chi connectivity index (χ3n) is 2.94. The summed E-state index contributed by atoms with van der Waals surface area (Å²) < 4.78 is 35.5. The summed E-state index contributed by atoms with van der Waals surface area (Å²) in [5.41, 5.74) is 1.45. The molecule has 0 bridgehead atoms. The van der Waals surface area contributed by atoms with Crippen LogP contribution in [-0.2, 0) is 15.0 Å². The van der Waals surface area contributed by atoms with Crippen molar-refractivity contribution in [3.63, 3.8) is 0 Å². The highest BCUT2D eigenvalue weighted by Crippen LogP contribution is 2.29. The second kappa shape index (κ2) is 4.62. The Hall–Kier alpha value is -0.950. The third-order valence-corrected chi connectivity index (χ3v) is 4.54. The maximum atomic E-state index is 12.9. The number of aryl methyl sites for hydroxylation is 1. The van der Waals surface area contributed by atoms with Crippen LogP contribution in [-0.4, -0.2) is 26.1 Å². The van der Waals surface area contributed by atoms with Gasteiger partial charge in [-0.1, -0.05) is 15.9 Å². The molecule has 1 aromatic carbocycles. The lowest BCUT2D eigenvalue weighted by atomic mass is 10.2. The molecule has 18 heavy (non-hydrogen) atoms. The van der Waals surface area contributed by atoms with Crippen LogP contribution in [0.25, 0.3) is 0 Å². The third kappa shape index (κ3) is 2.56. The van der Waals surface area contributed by atoms with Gasteiger partial charge in [-0.25, -0.2) is 0 Å². The normalized spacial score (nSPS) is 20.5. The van der Waals surface area contributed by atoms with E-state index in [2.05, 4.69) is 15.9 Å². The van der Waals surface area contributed by atoms with Gasteiger partial charge >= 0.3 is 10.2 Å². The smallest absolute Gasteiger partial charge is 0.307 e. The number of hydrogen-bond donors (Lipinski definition) is 0. The van der Waals surface area contributed by atoms with Gasteiger partial charge in [-0.15, -0.1) is 3.89 Å². The van der Waals surface area contributed by atoms with Crippen LogP contribution in [0.3, 0.4) is 0 Å². The van der Waals surface area contributed by atoms with Crippen LogP contribution < -0.4 is 4.90 Å². The zero-order valence-corrected chi connectivity index (χ0v) is 12.0. The maximum absolute atomic E-state index is 12.9. The first-order valence-corrected chi connectivity index (χ1v) is 7.53. The highest BCUT2D eigenvalue weighted by atomic mass is 79.9. The SMILES string of the molecule is Cc1cc(Br)ccc1N1CC(S(=O)(=O)F)CC1=O. The van der Waals surface area contributed by atoms with E-state index in [0.717, 1.165) is 10.0 Å². The molecular formula is C11H11BrFNO3S. The molecule has 1 aliphatic heterocycles. The van der Waals surface area contributed by atoms with Crippen molar-refractivity contribution in [2.75, 3.05) is 11.4 Å². The fourth-order valence-corrected chi connectivity index (χ4v) is 3.16. The predicted octanol–water partition coefficient (Wildman–Crippen LogP) is 2.16. The molecule has 4 nitrogen and oxygen atoms in total. The second-order valence-electron chi connectivity index (χ2n) is 4.24. The number of halogens is 2. The van der Waals surface area contributed by atoms with Gasteiger partial charge in [0.15, 0.2) is 0 Å². The average Bonchev–Trinajstić information content (AvgIpc) is 2.60. The largest absolute Gasteiger partial charge is 0.311 e. The quantitative estimate of drug-likeness (QED) is 0.778. The maximum Gasteiger partial charge on any atom is 0.307 e. The molecule has 1 aromatic rings. The number of benzene rings is 1. The lowest BCUT2D eigenvalue weighted by Crippen LogP contribution is -2.27. The van der Waals surface area contributed by atoms with Gasteiger partial charge in [0.2, 0.25) is 5.91 Å². The summed E-state index contributed by atoms with van der Waals surface area (Å²) in [6.07, 6.45) is -0.297. The Morgan fingerprint density at radius 1 is 1.44 bits per heavy atom. The Balaban J connectivity index is 2.33. The van der Waals surface area contributed by atoms with Crippen LogP contribution in [0.15, 0.2) is 22.7 Å². The fourth-order valence-electron chi connectivity index (χ4n) is 2.02. The summed E-state index contributed by atoms with van der Waals surface area (Å²) >= 11 is 3.30. The minimum atomic E-state index is -4.67. The van der Waals surface area contributed by atoms with Crippen molar-refractivity contribution in [2.45, 2.75) is 18.6 Å². The van der Waals surface area contributed by atoms with Crippen molar-refractivity contribution in [3.8, 4) is 0 Å². The Labute approximate surface area is 113 Å². The van der Waals surface area contributed by atoms with Gasteiger partial charge in [-0.3, -0.25) is 4.79 Å². The minimum Gasteiger partial charge on any atom is -0.311 e. The highest BCUT2D eigenvalue weighted by molar-refractivity contribution is 9.10. The number of rotatable bonds is 2. The van der Waals surface area contributed by atoms with Gasteiger partial charge in [0.25, 0.3) is 0 Å². The van der Waals surface area contributed by atoms with Gasteiger partial charge in [0.1, 0.15) is 5.25 Å². The Bertz CT molecular complexity index is 602. The average molecular weight is 336 g/mol. The van der Waals surface area contributed by atoms with Crippen LogP contribution >= 0.6 is 15.9 Å². The Morgan fingerprint density at radius 2 is 2.11 bits per heavy atom. The number of carbonyl (C=O) groups excluding carboxylic acids is 1. The topological polar surface area (TPSA) is 54.5 Å². The summed E-state index contributed by atoms with van der Waals surface area (Å²) in [5.74, 6) is -0.369. The van der Waals surface area contributed by atoms with Crippen molar-refractivity contribution in [1.82, 2.24) is 0 Å². The monoisotopic (exact) mass is 335 g/mol. The van der Waals surface area contributed by atoms with Gasteiger partial charge in [0, 0.05) is 23.1 Å². The van der Waals surface area contributed by atoms with E-state index in [9.17, 15) is 17.1 Å². The van der Waals surface area contributed by atoms with E-state index in [1.54, 1.807) is 12.1 Å². The fraction of sp³-hybridized carbons (Fsp3) is 0.364. The molecule has 1 aliphatic rings. The first-order chi connectivity index (χ1) is 8.29. The first-order valence-electron chi connectivity index (χ1n) is 5.29. The molecule has 2 rings (SSSR count). The summed E-state index contributed by atoms with van der Waals surface area (Å²) in [6.45, 7) is 1.69. The van der Waals surface area contributed by atoms with Crippen LogP contribution in [0.2, 0.25) is 0 Å². The molecule has 0 spiro atoms. The first kappa shape index (κ1) is 13.5. The molecule has 0 N–H and O–H groups in total. The number of carbonyl (C=O) groups is 1. The van der Waals surface area contributed by atoms with Gasteiger partial charge in [0.05, 0.1) is 0 Å². The van der Waals surface area contributed by atoms with E-state index in [1.165, 1.54) is 4.90 Å². The molecule has 7 heteroatoms. The molecular weight excluding hydrogens is 325 g/mol. The van der Waals surface area contributed by atoms with Gasteiger partial charge < -0.3 is 4.90 Å². The zero-order chi connectivity index (χ0) is 13.5. The molecule has 1 heterocycles. The predicted molar refractivity (Wildman–Crippen MR) is 69.7 cm³/mol. The van der Waals surface area contributed by atoms with E-state index in [1.807, 2.05) is 13.0 Å². The summed E-state index contributed by atoms with van der Waals surface area (Å²) in [4.78, 5) is 13.1. The molecule has 0 saturated carbocycles. The summed E-state index contributed by atoms with van der Waals surface area (Å²) in [6, 6.07) is 5.29. The molecule has 0 aromatic heterocycles. The molecule has 0 radical (unpaired) electrons. The van der Waals surface area contributed by atoms with E-state index < -0.39 is 15.5 Å². The highest BCUT2D eigenvalue weighted by Gasteiger charge is 2.39. The van der Waals surface area contributed by atoms with E-state index in [-0.39, 0.29) is 18.9 Å². The van der Waals surface area contributed by atoms with Gasteiger partial charge in [-0.2, -0.15) is 8.42 Å². The van der Waals surface area contributed by atoms with Crippen LogP contribution in [0.4, 0.5) is 9.57 Å². The molecule has 1 saturated heterocycles. The van der Waals surface area contributed by atoms with Crippen LogP contribution in [0.5, 0.6) is 0 Å². The van der Waals surface area contributed by atoms with Gasteiger partial charge in [-0.05, 0) is 30.7 Å². The molecule has 1 amide bonds. The van der Waals surface area contributed by atoms with Crippen molar-refractivity contribution >= 4 is 37.7 Å². The second-order valence-corrected chi connectivity index (χ2v) is 6.77. The van der Waals surface area contributed by atoms with Crippen molar-refractivity contribution in [2.24, 2.45) is 0 Å². The Morgan fingerprint density at radius 3 is 2.61 bits per heavy atom. The summed E-state index contributed by atoms with van der Waals surface area (Å²) in [5, 5.41) is -1.26. The Kier molecular flexibility index (Phi) is 3.46. The van der Waals surface area contributed by atoms with Crippen molar-refractivity contribution < 1.29 is 17.1 Å². The van der Waals surface area contributed by atoms with Crippen molar-refractivity contribution in [1.29, 1.82) is 0 Å². The molecule has 98 valence electrons. The molecule has 0 aliphatic carbocycles. The molecule has 1 atom stereocenters. The van der Waals surface area contributed by atoms with Crippen LogP contribution in [0.1, 0.15) is 12.0 Å². The zero-order valence-electron chi connectivity index (χ0n) is 9.56. The van der Waals surface area contributed by atoms with Crippen LogP contribution in [0, 0.1) is 6.92 Å². The number of anilines is 1. The van der Waals surface area contributed by atoms with Crippen molar-refractivity contribution in [3.05, 3.63) is 28.2 Å². The lowest BCUT2D eigenvalue weighted by molar-refractivity contribution is -0.117. The van der Waals surface area contributed by atoms with E-state index in [4.69, 9.17) is 0 Å². The molecule has 1 unspecified atom stereocenters. The van der Waals surface area contributed by atoms with E-state index >= 15 is 0 Å². The summed E-state index contributed by atoms with van der Waals surface area (Å²) in [7, 11) is -4.67. The standard InChI is InChI=1S/C11H11BrFNO3S/c1-7-4-8(12)2-3-10(7)14-6-9(5-11(14)15)18(13,16)17/h2-4,9H,5-6H2,1H3. The number of hydrogen-bond acceptors (Lipinski definition) is 3. The van der Waals surface area contributed by atoms with E-state index in [0.29, 0.717) is 5.69 Å². The number of nitrogens with zero attached hydrogens (tertiary/aromatic N) is 1. The minimum absolute atomic E-state index is 0.125. The molecule has 1 fully saturated rings. The number of amides is 1.